The molecule has 0 aliphatic rings. The molecule has 0 aliphatic carbocycles. The van der Waals surface area contributed by atoms with Crippen LogP contribution in [0.25, 0.3) is 22.0 Å². The van der Waals surface area contributed by atoms with Gasteiger partial charge in [-0.2, -0.15) is 9.83 Å². The topological polar surface area (TPSA) is 59.5 Å². The molecular weight excluding hydrogens is 320 g/mol. The second kappa shape index (κ2) is 6.64. The minimum Gasteiger partial charge on any atom is -0.282 e. The Kier molecular flexibility index (Phi) is 4.40. The Balaban J connectivity index is 1.93. The van der Waals surface area contributed by atoms with Gasteiger partial charge in [-0.3, -0.25) is 4.40 Å². The number of nitrogens with one attached hydrogen (secondary N) is 1. The lowest BCUT2D eigenvalue weighted by atomic mass is 10.3. The number of fused-ring (bicyclic) bond motifs is 1. The van der Waals surface area contributed by atoms with Gasteiger partial charge < -0.3 is 0 Å². The molecule has 0 saturated heterocycles. The van der Waals surface area contributed by atoms with E-state index in [9.17, 15) is 0 Å². The number of rotatable bonds is 4. The van der Waals surface area contributed by atoms with Crippen LogP contribution in [0.2, 0.25) is 0 Å². The van der Waals surface area contributed by atoms with Crippen molar-refractivity contribution in [2.45, 2.75) is 20.8 Å². The minimum atomic E-state index is 0.550. The van der Waals surface area contributed by atoms with E-state index in [1.54, 1.807) is 6.20 Å². The Morgan fingerprint density at radius 1 is 1.33 bits per heavy atom. The molecule has 3 rings (SSSR count). The molecule has 0 spiro atoms. The first-order valence-electron chi connectivity index (χ1n) is 7.37. The lowest BCUT2D eigenvalue weighted by Gasteiger charge is -1.97. The van der Waals surface area contributed by atoms with E-state index in [2.05, 4.69) is 25.1 Å². The normalized spacial score (nSPS) is 11.3. The summed E-state index contributed by atoms with van der Waals surface area (Å²) in [6.45, 7) is 11.4. The van der Waals surface area contributed by atoms with E-state index < -0.39 is 0 Å². The molecule has 120 valence electrons. The summed E-state index contributed by atoms with van der Waals surface area (Å²) in [5, 5.41) is 5.81. The van der Waals surface area contributed by atoms with Gasteiger partial charge in [-0.25, -0.2) is 15.3 Å². The first kappa shape index (κ1) is 15.9. The van der Waals surface area contributed by atoms with E-state index >= 15 is 0 Å². The molecule has 0 aromatic carbocycles. The maximum atomic E-state index is 5.43. The molecule has 0 radical (unpaired) electrons. The smallest absolute Gasteiger partial charge is 0.282 e. The molecule has 0 saturated carbocycles. The fourth-order valence-electron chi connectivity index (χ4n) is 2.22. The third kappa shape index (κ3) is 3.19. The monoisotopic (exact) mass is 337 g/mol. The molecular formula is C17H17N6S+. The summed E-state index contributed by atoms with van der Waals surface area (Å²) in [6.07, 6.45) is 7.41. The van der Waals surface area contributed by atoms with Crippen molar-refractivity contribution in [1.29, 1.82) is 0 Å². The Morgan fingerprint density at radius 2 is 2.17 bits per heavy atom. The van der Waals surface area contributed by atoms with Crippen LogP contribution in [-0.2, 0) is 0 Å². The number of aromatic nitrogens is 4. The van der Waals surface area contributed by atoms with E-state index in [1.807, 2.05) is 55.0 Å². The number of thiazole rings is 1. The maximum absolute atomic E-state index is 5.43. The maximum Gasteiger partial charge on any atom is 0.385 e. The SMILES string of the molecule is C#[N+]C(=CC=C(C)C)Nc1nc(-c2c(C)nc3ncccn23)cs1. The molecule has 0 fully saturated rings. The third-order valence-corrected chi connectivity index (χ3v) is 4.03. The van der Waals surface area contributed by atoms with E-state index in [0.717, 1.165) is 22.7 Å². The van der Waals surface area contributed by atoms with Crippen molar-refractivity contribution in [2.75, 3.05) is 5.32 Å². The molecule has 3 aromatic heterocycles. The standard InChI is InChI=1S/C17H17N6S/c1-11(2)6-7-14(18-4)22-17-21-13(10-24-17)15-12(3)20-16-19-8-5-9-23(15)16/h4-10H,1-3H3,(H,21,22)/q+1. The van der Waals surface area contributed by atoms with Crippen molar-refractivity contribution in [2.24, 2.45) is 0 Å². The van der Waals surface area contributed by atoms with Crippen LogP contribution in [0.15, 0.2) is 47.4 Å². The molecule has 3 heterocycles. The van der Waals surface area contributed by atoms with Crippen LogP contribution in [0, 0.1) is 13.5 Å². The molecule has 1 N–H and O–H groups in total. The van der Waals surface area contributed by atoms with E-state index in [1.165, 1.54) is 11.3 Å². The number of anilines is 1. The van der Waals surface area contributed by atoms with Gasteiger partial charge in [-0.15, -0.1) is 0 Å². The van der Waals surface area contributed by atoms with Gasteiger partial charge in [0.25, 0.3) is 5.13 Å². The summed E-state index contributed by atoms with van der Waals surface area (Å²) in [5.74, 6) is 1.21. The predicted molar refractivity (Wildman–Crippen MR) is 98.3 cm³/mol. The zero-order chi connectivity index (χ0) is 17.1. The average Bonchev–Trinajstić information content (AvgIpc) is 3.13. The van der Waals surface area contributed by atoms with E-state index in [0.29, 0.717) is 16.7 Å². The van der Waals surface area contributed by atoms with Gasteiger partial charge in [-0.1, -0.05) is 23.0 Å². The predicted octanol–water partition coefficient (Wildman–Crippen LogP) is 4.34. The van der Waals surface area contributed by atoms with Gasteiger partial charge in [0.05, 0.1) is 11.4 Å². The number of allylic oxidation sites excluding steroid dienone is 3. The highest BCUT2D eigenvalue weighted by molar-refractivity contribution is 7.14. The van der Waals surface area contributed by atoms with Crippen LogP contribution in [0.3, 0.4) is 0 Å². The fourth-order valence-corrected chi connectivity index (χ4v) is 2.92. The Hall–Kier alpha value is -2.98. The van der Waals surface area contributed by atoms with Crippen molar-refractivity contribution in [3.8, 4) is 18.0 Å². The third-order valence-electron chi connectivity index (χ3n) is 3.27. The van der Waals surface area contributed by atoms with Gasteiger partial charge in [0.2, 0.25) is 5.78 Å². The number of nitrogens with zero attached hydrogens (tertiary/aromatic N) is 5. The molecule has 3 aromatic rings. The molecule has 0 amide bonds. The van der Waals surface area contributed by atoms with Crippen molar-refractivity contribution < 1.29 is 0 Å². The van der Waals surface area contributed by atoms with Gasteiger partial charge >= 0.3 is 5.82 Å². The summed E-state index contributed by atoms with van der Waals surface area (Å²) in [5.41, 5.74) is 3.81. The summed E-state index contributed by atoms with van der Waals surface area (Å²) < 4.78 is 1.93. The number of hydrogen-bond donors (Lipinski definition) is 1. The summed E-state index contributed by atoms with van der Waals surface area (Å²) in [6, 6.07) is 1.87. The molecule has 7 heteroatoms. The molecule has 0 bridgehead atoms. The summed E-state index contributed by atoms with van der Waals surface area (Å²) in [4.78, 5) is 17.1. The van der Waals surface area contributed by atoms with Crippen molar-refractivity contribution in [1.82, 2.24) is 19.4 Å². The van der Waals surface area contributed by atoms with Gasteiger partial charge in [0, 0.05) is 23.8 Å². The van der Waals surface area contributed by atoms with Crippen molar-refractivity contribution >= 4 is 22.2 Å². The lowest BCUT2D eigenvalue weighted by Crippen LogP contribution is -1.95. The van der Waals surface area contributed by atoms with Crippen LogP contribution in [-0.4, -0.2) is 19.4 Å². The Bertz CT molecular complexity index is 982. The van der Waals surface area contributed by atoms with E-state index in [-0.39, 0.29) is 0 Å². The highest BCUT2D eigenvalue weighted by Gasteiger charge is 2.17. The van der Waals surface area contributed by atoms with Crippen molar-refractivity contribution in [3.63, 3.8) is 0 Å². The van der Waals surface area contributed by atoms with Gasteiger partial charge in [0.1, 0.15) is 12.3 Å². The quantitative estimate of drug-likeness (QED) is 0.719. The highest BCUT2D eigenvalue weighted by Crippen LogP contribution is 2.28. The average molecular weight is 337 g/mol. The van der Waals surface area contributed by atoms with Crippen LogP contribution in [0.1, 0.15) is 19.5 Å². The Labute approximate surface area is 144 Å². The first-order chi connectivity index (χ1) is 11.6. The van der Waals surface area contributed by atoms with Gasteiger partial charge in [0.15, 0.2) is 0 Å². The molecule has 0 unspecified atom stereocenters. The lowest BCUT2D eigenvalue weighted by molar-refractivity contribution is 1.11. The zero-order valence-electron chi connectivity index (χ0n) is 13.7. The largest absolute Gasteiger partial charge is 0.385 e. The van der Waals surface area contributed by atoms with Crippen LogP contribution in [0.5, 0.6) is 0 Å². The second-order valence-electron chi connectivity index (χ2n) is 5.42. The fraction of sp³-hybridized carbons (Fsp3) is 0.176. The number of hydrogen-bond acceptors (Lipinski definition) is 5. The molecule has 0 aliphatic heterocycles. The summed E-state index contributed by atoms with van der Waals surface area (Å²) >= 11 is 1.48. The summed E-state index contributed by atoms with van der Waals surface area (Å²) in [7, 11) is 0. The minimum absolute atomic E-state index is 0.550. The molecule has 24 heavy (non-hydrogen) atoms. The van der Waals surface area contributed by atoms with Gasteiger partial charge in [-0.05, 0) is 26.8 Å². The molecule has 0 atom stereocenters. The highest BCUT2D eigenvalue weighted by atomic mass is 32.1. The molecule has 6 nitrogen and oxygen atoms in total. The second-order valence-corrected chi connectivity index (χ2v) is 6.28. The van der Waals surface area contributed by atoms with Crippen LogP contribution < -0.4 is 5.32 Å². The van der Waals surface area contributed by atoms with Crippen LogP contribution in [0.4, 0.5) is 5.13 Å². The van der Waals surface area contributed by atoms with Crippen molar-refractivity contribution in [3.05, 3.63) is 57.9 Å². The van der Waals surface area contributed by atoms with Crippen LogP contribution >= 0.6 is 11.3 Å². The van der Waals surface area contributed by atoms with E-state index in [4.69, 9.17) is 6.57 Å². The number of imidazole rings is 1. The number of aryl methyl sites for hydroxylation is 1. The zero-order valence-corrected chi connectivity index (χ0v) is 14.5. The first-order valence-corrected chi connectivity index (χ1v) is 8.25. The Morgan fingerprint density at radius 3 is 2.92 bits per heavy atom.